The molecule has 0 aliphatic rings. The first kappa shape index (κ1) is 29.0. The third kappa shape index (κ3) is 7.65. The van der Waals surface area contributed by atoms with E-state index in [0.717, 1.165) is 16.5 Å². The van der Waals surface area contributed by atoms with E-state index in [0.29, 0.717) is 24.0 Å². The summed E-state index contributed by atoms with van der Waals surface area (Å²) in [5.74, 6) is 0. The fraction of sp³-hybridized carbons (Fsp3) is 0.296. The highest BCUT2D eigenvalue weighted by Gasteiger charge is 2.40. The number of allylic oxidation sites excluding steroid dienone is 3. The average Bonchev–Trinajstić information content (AvgIpc) is 3.24. The number of nitrogens with zero attached hydrogens (tertiary/aromatic N) is 2. The largest absolute Gasteiger partial charge is 0.433 e. The molecule has 194 valence electrons. The van der Waals surface area contributed by atoms with E-state index in [4.69, 9.17) is 0 Å². The van der Waals surface area contributed by atoms with Crippen LogP contribution in [-0.4, -0.2) is 31.1 Å². The molecule has 0 spiro atoms. The molecule has 0 saturated heterocycles. The summed E-state index contributed by atoms with van der Waals surface area (Å²) in [5.41, 5.74) is 1.25. The van der Waals surface area contributed by atoms with Gasteiger partial charge in [-0.2, -0.15) is 18.3 Å². The van der Waals surface area contributed by atoms with Crippen molar-refractivity contribution < 1.29 is 26.0 Å². The Labute approximate surface area is 209 Å². The van der Waals surface area contributed by atoms with Crippen molar-refractivity contribution in [3.8, 4) is 11.3 Å². The van der Waals surface area contributed by atoms with E-state index in [1.807, 2.05) is 37.3 Å². The smallest absolute Gasteiger partial charge is 0.259 e. The molecular weight excluding hydrogens is 492 g/mol. The molecule has 0 aliphatic heterocycles. The van der Waals surface area contributed by atoms with E-state index in [1.54, 1.807) is 13.0 Å². The highest BCUT2D eigenvalue weighted by molar-refractivity contribution is 7.90. The molecule has 36 heavy (non-hydrogen) atoms. The molecule has 1 aromatic heterocycles. The summed E-state index contributed by atoms with van der Waals surface area (Å²) in [6.07, 6.45) is 0.398. The predicted molar refractivity (Wildman–Crippen MR) is 136 cm³/mol. The van der Waals surface area contributed by atoms with Gasteiger partial charge < -0.3 is 0 Å². The Balaban J connectivity index is 0.00000106. The number of halogens is 4. The molecule has 0 unspecified atom stereocenters. The van der Waals surface area contributed by atoms with Gasteiger partial charge in [0.1, 0.15) is 12.4 Å². The molecule has 0 bridgehead atoms. The number of alkyl halides is 4. The Morgan fingerprint density at radius 2 is 1.67 bits per heavy atom. The summed E-state index contributed by atoms with van der Waals surface area (Å²) in [6, 6.07) is 15.1. The molecule has 1 heterocycles. The normalized spacial score (nSPS) is 12.1. The van der Waals surface area contributed by atoms with Crippen molar-refractivity contribution in [3.05, 3.63) is 90.1 Å². The minimum Gasteiger partial charge on any atom is -0.259 e. The molecule has 3 aromatic rings. The fourth-order valence-corrected chi connectivity index (χ4v) is 4.27. The molecule has 0 atom stereocenters. The van der Waals surface area contributed by atoms with Crippen LogP contribution in [0.3, 0.4) is 0 Å². The van der Waals surface area contributed by atoms with Gasteiger partial charge in [-0.1, -0.05) is 61.5 Å². The molecule has 2 aromatic carbocycles. The number of aryl methyl sites for hydroxylation is 2. The summed E-state index contributed by atoms with van der Waals surface area (Å²) in [5, 5.41) is 4.36. The monoisotopic (exact) mass is 522 g/mol. The third-order valence-corrected chi connectivity index (χ3v) is 6.37. The van der Waals surface area contributed by atoms with E-state index in [-0.39, 0.29) is 22.7 Å². The lowest BCUT2D eigenvalue weighted by atomic mass is 9.98. The summed E-state index contributed by atoms with van der Waals surface area (Å²) >= 11 is 0. The first-order valence-electron chi connectivity index (χ1n) is 11.3. The second-order valence-electron chi connectivity index (χ2n) is 8.06. The van der Waals surface area contributed by atoms with Crippen LogP contribution in [-0.2, 0) is 29.0 Å². The maximum absolute atomic E-state index is 14.2. The molecular formula is C27H30F4N2O2S. The fourth-order valence-electron chi connectivity index (χ4n) is 3.64. The quantitative estimate of drug-likeness (QED) is 0.233. The second kappa shape index (κ2) is 12.7. The van der Waals surface area contributed by atoms with Gasteiger partial charge in [0, 0.05) is 23.9 Å². The van der Waals surface area contributed by atoms with Gasteiger partial charge in [0.05, 0.1) is 4.90 Å². The molecule has 3 rings (SSSR count). The summed E-state index contributed by atoms with van der Waals surface area (Å²) in [6.45, 7) is 6.25. The van der Waals surface area contributed by atoms with Crippen LogP contribution in [0, 0.1) is 0 Å². The Morgan fingerprint density at radius 3 is 2.14 bits per heavy atom. The van der Waals surface area contributed by atoms with Crippen molar-refractivity contribution in [2.45, 2.75) is 44.3 Å². The van der Waals surface area contributed by atoms with Crippen molar-refractivity contribution in [1.29, 1.82) is 0 Å². The number of sulfone groups is 1. The predicted octanol–water partition coefficient (Wildman–Crippen LogP) is 7.17. The van der Waals surface area contributed by atoms with Crippen LogP contribution in [0.1, 0.15) is 37.1 Å². The molecule has 0 saturated carbocycles. The number of rotatable bonds is 8. The first-order chi connectivity index (χ1) is 16.9. The number of hydrogen-bond donors (Lipinski definition) is 0. The summed E-state index contributed by atoms with van der Waals surface area (Å²) in [4.78, 5) is 0.100. The van der Waals surface area contributed by atoms with Gasteiger partial charge in [0.2, 0.25) is 0 Å². The van der Waals surface area contributed by atoms with Gasteiger partial charge in [0.25, 0.3) is 0 Å². The van der Waals surface area contributed by atoms with Gasteiger partial charge in [-0.25, -0.2) is 12.8 Å². The van der Waals surface area contributed by atoms with Crippen LogP contribution >= 0.6 is 0 Å². The second-order valence-corrected chi connectivity index (χ2v) is 10.1. The number of hydrogen-bond acceptors (Lipinski definition) is 3. The lowest BCUT2D eigenvalue weighted by Crippen LogP contribution is -2.17. The Hall–Kier alpha value is -3.20. The first-order valence-corrected chi connectivity index (χ1v) is 13.2. The molecule has 0 amide bonds. The topological polar surface area (TPSA) is 52.0 Å². The van der Waals surface area contributed by atoms with E-state index in [1.165, 1.54) is 30.3 Å². The van der Waals surface area contributed by atoms with Crippen LogP contribution in [0.15, 0.2) is 78.2 Å². The zero-order valence-corrected chi connectivity index (χ0v) is 21.3. The van der Waals surface area contributed by atoms with Gasteiger partial charge >= 0.3 is 6.18 Å². The third-order valence-electron chi connectivity index (χ3n) is 5.25. The van der Waals surface area contributed by atoms with Crippen LogP contribution in [0.5, 0.6) is 0 Å². The van der Waals surface area contributed by atoms with Gasteiger partial charge in [-0.05, 0) is 43.0 Å². The van der Waals surface area contributed by atoms with E-state index in [9.17, 15) is 26.0 Å². The molecule has 9 heteroatoms. The van der Waals surface area contributed by atoms with E-state index >= 15 is 0 Å². The highest BCUT2D eigenvalue weighted by atomic mass is 32.2. The number of aromatic nitrogens is 2. The van der Waals surface area contributed by atoms with Crippen molar-refractivity contribution in [2.24, 2.45) is 0 Å². The van der Waals surface area contributed by atoms with Gasteiger partial charge in [-0.15, -0.1) is 6.58 Å². The van der Waals surface area contributed by atoms with Crippen molar-refractivity contribution in [1.82, 2.24) is 9.78 Å². The van der Waals surface area contributed by atoms with Crippen molar-refractivity contribution in [2.75, 3.05) is 12.9 Å². The van der Waals surface area contributed by atoms with Crippen LogP contribution in [0.2, 0.25) is 0 Å². The summed E-state index contributed by atoms with van der Waals surface area (Å²) < 4.78 is 77.8. The average molecular weight is 523 g/mol. The SMILES string of the molecule is C=CCF.CC/C=C(\C)c1c(-c2ccc(S(C)(=O)=O)cc2)nn(CCc2ccccc2)c1C(F)(F)F. The standard InChI is InChI=1S/C24H25F3N2O2S.C3H5F/c1-4-8-17(2)21-22(19-11-13-20(14-12-19)32(3,30)31)28-29(23(21)24(25,26)27)16-15-18-9-6-5-7-10-18;1-2-3-4/h5-14H,4,15-16H2,1-3H3;2H,1,3H2/b17-8+;. The van der Waals surface area contributed by atoms with E-state index in [2.05, 4.69) is 11.7 Å². The molecule has 4 nitrogen and oxygen atoms in total. The summed E-state index contributed by atoms with van der Waals surface area (Å²) in [7, 11) is -3.42. The maximum Gasteiger partial charge on any atom is 0.433 e. The maximum atomic E-state index is 14.2. The Kier molecular flexibility index (Phi) is 10.2. The lowest BCUT2D eigenvalue weighted by Gasteiger charge is -2.13. The molecule has 0 radical (unpaired) electrons. The van der Waals surface area contributed by atoms with Crippen LogP contribution in [0.25, 0.3) is 16.8 Å². The van der Waals surface area contributed by atoms with Gasteiger partial charge in [0.15, 0.2) is 15.5 Å². The van der Waals surface area contributed by atoms with Crippen molar-refractivity contribution in [3.63, 3.8) is 0 Å². The number of benzene rings is 2. The minimum atomic E-state index is -4.60. The zero-order chi connectivity index (χ0) is 26.9. The minimum absolute atomic E-state index is 0.0273. The zero-order valence-electron chi connectivity index (χ0n) is 20.5. The highest BCUT2D eigenvalue weighted by Crippen LogP contribution is 2.40. The molecule has 0 aliphatic carbocycles. The van der Waals surface area contributed by atoms with E-state index < -0.39 is 28.4 Å². The lowest BCUT2D eigenvalue weighted by molar-refractivity contribution is -0.144. The molecule has 0 N–H and O–H groups in total. The van der Waals surface area contributed by atoms with Crippen LogP contribution < -0.4 is 0 Å². The van der Waals surface area contributed by atoms with Crippen molar-refractivity contribution >= 4 is 15.4 Å². The Morgan fingerprint density at radius 1 is 1.08 bits per heavy atom. The van der Waals surface area contributed by atoms with Crippen LogP contribution in [0.4, 0.5) is 17.6 Å². The van der Waals surface area contributed by atoms with Gasteiger partial charge in [-0.3, -0.25) is 4.68 Å². The molecule has 0 fully saturated rings. The Bertz CT molecular complexity index is 1280.